The summed E-state index contributed by atoms with van der Waals surface area (Å²) in [6.07, 6.45) is 0.203. The quantitative estimate of drug-likeness (QED) is 0.719. The molecule has 0 aromatic heterocycles. The van der Waals surface area contributed by atoms with Crippen molar-refractivity contribution in [1.29, 1.82) is 0 Å². The van der Waals surface area contributed by atoms with E-state index in [-0.39, 0.29) is 41.9 Å². The monoisotopic (exact) mass is 444 g/mol. The van der Waals surface area contributed by atoms with Crippen LogP contribution in [0.4, 0.5) is 5.69 Å². The standard InChI is InChI=1S/C21H20N2O5S2/c1-13-3-2-4-14(7-13)8-20(24)22-21-23(16-10-30(25,26)11-19(16)29-21)15-5-6-17-18(9-15)28-12-27-17/h2-7,9,16,19H,8,10-12H2,1H3/t16-,19-/m0/s1. The van der Waals surface area contributed by atoms with Crippen molar-refractivity contribution in [1.82, 2.24) is 0 Å². The molecule has 0 spiro atoms. The number of amides is 1. The fourth-order valence-electron chi connectivity index (χ4n) is 4.04. The summed E-state index contributed by atoms with van der Waals surface area (Å²) in [5.41, 5.74) is 2.74. The van der Waals surface area contributed by atoms with Gasteiger partial charge in [-0.1, -0.05) is 41.6 Å². The molecule has 5 rings (SSSR count). The number of ether oxygens (including phenoxy) is 2. The zero-order chi connectivity index (χ0) is 20.9. The highest BCUT2D eigenvalue weighted by atomic mass is 32.2. The van der Waals surface area contributed by atoms with Crippen LogP contribution in [0.3, 0.4) is 0 Å². The van der Waals surface area contributed by atoms with Crippen molar-refractivity contribution in [2.45, 2.75) is 24.6 Å². The first-order chi connectivity index (χ1) is 14.4. The normalized spacial score (nSPS) is 25.0. The highest BCUT2D eigenvalue weighted by molar-refractivity contribution is 8.16. The molecule has 0 N–H and O–H groups in total. The van der Waals surface area contributed by atoms with Gasteiger partial charge in [0.1, 0.15) is 0 Å². The van der Waals surface area contributed by atoms with E-state index in [0.29, 0.717) is 16.7 Å². The lowest BCUT2D eigenvalue weighted by Gasteiger charge is -2.24. The highest BCUT2D eigenvalue weighted by Gasteiger charge is 2.49. The molecule has 0 saturated carbocycles. The van der Waals surface area contributed by atoms with Gasteiger partial charge in [-0.15, -0.1) is 0 Å². The van der Waals surface area contributed by atoms with Crippen molar-refractivity contribution in [3.63, 3.8) is 0 Å². The van der Waals surface area contributed by atoms with Gasteiger partial charge >= 0.3 is 0 Å². The van der Waals surface area contributed by atoms with E-state index < -0.39 is 9.84 Å². The molecule has 156 valence electrons. The van der Waals surface area contributed by atoms with Crippen LogP contribution in [0.2, 0.25) is 0 Å². The van der Waals surface area contributed by atoms with Gasteiger partial charge in [0.15, 0.2) is 26.5 Å². The van der Waals surface area contributed by atoms with Gasteiger partial charge in [-0.05, 0) is 24.6 Å². The van der Waals surface area contributed by atoms with Gasteiger partial charge < -0.3 is 14.4 Å². The molecule has 0 aliphatic carbocycles. The maximum absolute atomic E-state index is 12.7. The Balaban J connectivity index is 1.47. The van der Waals surface area contributed by atoms with Gasteiger partial charge in [-0.3, -0.25) is 4.79 Å². The summed E-state index contributed by atoms with van der Waals surface area (Å²) >= 11 is 1.37. The lowest BCUT2D eigenvalue weighted by atomic mass is 10.1. The molecule has 0 bridgehead atoms. The Kier molecular flexibility index (Phi) is 4.74. The van der Waals surface area contributed by atoms with Crippen LogP contribution in [0.25, 0.3) is 0 Å². The van der Waals surface area contributed by atoms with Crippen molar-refractivity contribution < 1.29 is 22.7 Å². The summed E-state index contributed by atoms with van der Waals surface area (Å²) in [6, 6.07) is 13.0. The molecule has 2 saturated heterocycles. The van der Waals surface area contributed by atoms with Crippen LogP contribution in [0.1, 0.15) is 11.1 Å². The SMILES string of the molecule is Cc1cccc(CC(=O)N=C2S[C@H]3CS(=O)(=O)C[C@@H]3N2c2ccc3c(c2)OCO3)c1. The number of hydrogen-bond acceptors (Lipinski definition) is 6. The third-order valence-corrected chi connectivity index (χ3v) is 8.57. The number of anilines is 1. The highest BCUT2D eigenvalue weighted by Crippen LogP contribution is 2.43. The van der Waals surface area contributed by atoms with Crippen molar-refractivity contribution in [3.8, 4) is 11.5 Å². The van der Waals surface area contributed by atoms with Crippen LogP contribution in [-0.4, -0.2) is 49.1 Å². The molecule has 0 unspecified atom stereocenters. The Labute approximate surface area is 179 Å². The predicted octanol–water partition coefficient (Wildman–Crippen LogP) is 2.57. The molecule has 3 aliphatic heterocycles. The molecule has 30 heavy (non-hydrogen) atoms. The van der Waals surface area contributed by atoms with E-state index in [1.54, 1.807) is 6.07 Å². The smallest absolute Gasteiger partial charge is 0.252 e. The Morgan fingerprint density at radius 2 is 2.00 bits per heavy atom. The summed E-state index contributed by atoms with van der Waals surface area (Å²) < 4.78 is 35.3. The molecule has 9 heteroatoms. The van der Waals surface area contributed by atoms with Crippen LogP contribution >= 0.6 is 11.8 Å². The number of aryl methyl sites for hydroxylation is 1. The number of carbonyl (C=O) groups is 1. The average Bonchev–Trinajstić information content (AvgIpc) is 3.32. The van der Waals surface area contributed by atoms with Crippen LogP contribution < -0.4 is 14.4 Å². The van der Waals surface area contributed by atoms with Crippen molar-refractivity contribution >= 4 is 38.4 Å². The van der Waals surface area contributed by atoms with Gasteiger partial charge in [0.05, 0.1) is 24.0 Å². The van der Waals surface area contributed by atoms with Gasteiger partial charge in [0, 0.05) is 17.0 Å². The number of aliphatic imine (C=N–C) groups is 1. The van der Waals surface area contributed by atoms with Gasteiger partial charge in [0.2, 0.25) is 6.79 Å². The van der Waals surface area contributed by atoms with Crippen molar-refractivity contribution in [3.05, 3.63) is 53.6 Å². The first-order valence-electron chi connectivity index (χ1n) is 9.61. The number of fused-ring (bicyclic) bond motifs is 2. The number of amidine groups is 1. The minimum absolute atomic E-state index is 0.0458. The van der Waals surface area contributed by atoms with Crippen molar-refractivity contribution in [2.75, 3.05) is 23.2 Å². The lowest BCUT2D eigenvalue weighted by Crippen LogP contribution is -2.37. The van der Waals surface area contributed by atoms with E-state index in [1.165, 1.54) is 11.8 Å². The van der Waals surface area contributed by atoms with E-state index in [4.69, 9.17) is 9.47 Å². The summed E-state index contributed by atoms with van der Waals surface area (Å²) in [4.78, 5) is 19.0. The van der Waals surface area contributed by atoms with Gasteiger partial charge in [-0.2, -0.15) is 4.99 Å². The van der Waals surface area contributed by atoms with Crippen LogP contribution in [0.5, 0.6) is 11.5 Å². The second-order valence-electron chi connectivity index (χ2n) is 7.66. The van der Waals surface area contributed by atoms with Crippen LogP contribution in [0.15, 0.2) is 47.5 Å². The molecule has 2 aromatic rings. The van der Waals surface area contributed by atoms with E-state index in [0.717, 1.165) is 16.8 Å². The predicted molar refractivity (Wildman–Crippen MR) is 116 cm³/mol. The average molecular weight is 445 g/mol. The van der Waals surface area contributed by atoms with E-state index >= 15 is 0 Å². The Morgan fingerprint density at radius 1 is 1.17 bits per heavy atom. The fraction of sp³-hybridized carbons (Fsp3) is 0.333. The largest absolute Gasteiger partial charge is 0.454 e. The number of nitrogens with zero attached hydrogens (tertiary/aromatic N) is 2. The fourth-order valence-corrected chi connectivity index (χ4v) is 7.98. The minimum atomic E-state index is -3.12. The maximum Gasteiger partial charge on any atom is 0.252 e. The zero-order valence-electron chi connectivity index (χ0n) is 16.3. The zero-order valence-corrected chi connectivity index (χ0v) is 17.9. The Bertz CT molecular complexity index is 1160. The molecule has 2 atom stereocenters. The molecule has 2 fully saturated rings. The Hall–Kier alpha value is -2.52. The van der Waals surface area contributed by atoms with E-state index in [1.807, 2.05) is 48.2 Å². The molecular weight excluding hydrogens is 424 g/mol. The molecule has 3 heterocycles. The second kappa shape index (κ2) is 7.31. The molecule has 2 aromatic carbocycles. The second-order valence-corrected chi connectivity index (χ2v) is 11.0. The molecule has 1 amide bonds. The van der Waals surface area contributed by atoms with Gasteiger partial charge in [0.25, 0.3) is 5.91 Å². The van der Waals surface area contributed by atoms with E-state index in [9.17, 15) is 13.2 Å². The lowest BCUT2D eigenvalue weighted by molar-refractivity contribution is -0.117. The third kappa shape index (κ3) is 3.67. The first-order valence-corrected chi connectivity index (χ1v) is 12.3. The Morgan fingerprint density at radius 3 is 2.83 bits per heavy atom. The summed E-state index contributed by atoms with van der Waals surface area (Å²) in [6.45, 7) is 2.14. The minimum Gasteiger partial charge on any atom is -0.454 e. The number of benzene rings is 2. The van der Waals surface area contributed by atoms with Crippen molar-refractivity contribution in [2.24, 2.45) is 4.99 Å². The number of rotatable bonds is 3. The number of thioether (sulfide) groups is 1. The molecule has 0 radical (unpaired) electrons. The third-order valence-electron chi connectivity index (χ3n) is 5.36. The van der Waals surface area contributed by atoms with Crippen LogP contribution in [0, 0.1) is 6.92 Å². The van der Waals surface area contributed by atoms with Crippen LogP contribution in [-0.2, 0) is 21.1 Å². The molecule has 3 aliphatic rings. The molecule has 7 nitrogen and oxygen atoms in total. The molecular formula is C21H20N2O5S2. The maximum atomic E-state index is 12.7. The summed E-state index contributed by atoms with van der Waals surface area (Å²) in [5, 5.41) is 0.391. The number of carbonyl (C=O) groups excluding carboxylic acids is 1. The summed E-state index contributed by atoms with van der Waals surface area (Å²) in [7, 11) is -3.12. The number of hydrogen-bond donors (Lipinski definition) is 0. The first kappa shape index (κ1) is 19.4. The van der Waals surface area contributed by atoms with E-state index in [2.05, 4.69) is 4.99 Å². The van der Waals surface area contributed by atoms with Gasteiger partial charge in [-0.25, -0.2) is 8.42 Å². The summed E-state index contributed by atoms with van der Waals surface area (Å²) in [5.74, 6) is 1.14. The number of sulfone groups is 1. The topological polar surface area (TPSA) is 85.3 Å².